The lowest BCUT2D eigenvalue weighted by atomic mass is 9.94. The standard InChI is InChI=1S/C22H21N3O3/c1-14-3-5-16(10-17(14)18-11-25(2)12-23-18)24-21(26)22(7-8-22)15-4-6-19-20(9-15)28-13-27-19/h3-6,9-12H,7-8,13H2,1-2H3,(H,24,26). The second kappa shape index (κ2) is 6.12. The van der Waals surface area contributed by atoms with Gasteiger partial charge in [-0.15, -0.1) is 0 Å². The molecule has 0 atom stereocenters. The molecule has 0 unspecified atom stereocenters. The van der Waals surface area contributed by atoms with E-state index in [1.807, 2.05) is 61.1 Å². The summed E-state index contributed by atoms with van der Waals surface area (Å²) in [4.78, 5) is 17.6. The molecule has 1 aromatic heterocycles. The van der Waals surface area contributed by atoms with Gasteiger partial charge in [0, 0.05) is 24.5 Å². The molecule has 1 saturated carbocycles. The molecule has 142 valence electrons. The summed E-state index contributed by atoms with van der Waals surface area (Å²) < 4.78 is 12.8. The first-order chi connectivity index (χ1) is 13.5. The van der Waals surface area contributed by atoms with Gasteiger partial charge in [-0.3, -0.25) is 4.79 Å². The number of carbonyl (C=O) groups excluding carboxylic acids is 1. The zero-order valence-electron chi connectivity index (χ0n) is 15.9. The Balaban J connectivity index is 1.41. The zero-order valence-corrected chi connectivity index (χ0v) is 15.9. The van der Waals surface area contributed by atoms with Crippen molar-refractivity contribution in [1.29, 1.82) is 0 Å². The molecule has 1 amide bonds. The summed E-state index contributed by atoms with van der Waals surface area (Å²) in [7, 11) is 1.94. The fraction of sp³-hybridized carbons (Fsp3) is 0.273. The minimum Gasteiger partial charge on any atom is -0.454 e. The maximum absolute atomic E-state index is 13.1. The number of rotatable bonds is 4. The van der Waals surface area contributed by atoms with Crippen molar-refractivity contribution < 1.29 is 14.3 Å². The van der Waals surface area contributed by atoms with Crippen LogP contribution in [0, 0.1) is 6.92 Å². The van der Waals surface area contributed by atoms with Crippen LogP contribution < -0.4 is 14.8 Å². The number of imidazole rings is 1. The average molecular weight is 375 g/mol. The molecule has 28 heavy (non-hydrogen) atoms. The van der Waals surface area contributed by atoms with Crippen LogP contribution in [0.1, 0.15) is 24.0 Å². The highest BCUT2D eigenvalue weighted by Crippen LogP contribution is 2.51. The number of hydrogen-bond donors (Lipinski definition) is 1. The fourth-order valence-electron chi connectivity index (χ4n) is 3.74. The summed E-state index contributed by atoms with van der Waals surface area (Å²) in [5.74, 6) is 1.46. The summed E-state index contributed by atoms with van der Waals surface area (Å²) in [6.07, 6.45) is 5.41. The van der Waals surface area contributed by atoms with Crippen LogP contribution >= 0.6 is 0 Å². The Morgan fingerprint density at radius 3 is 2.71 bits per heavy atom. The van der Waals surface area contributed by atoms with Crippen LogP contribution in [-0.2, 0) is 17.3 Å². The number of amides is 1. The molecule has 0 bridgehead atoms. The molecule has 6 nitrogen and oxygen atoms in total. The van der Waals surface area contributed by atoms with Crippen LogP contribution in [0.2, 0.25) is 0 Å². The van der Waals surface area contributed by atoms with E-state index in [0.717, 1.165) is 46.7 Å². The van der Waals surface area contributed by atoms with Crippen molar-refractivity contribution in [3.63, 3.8) is 0 Å². The van der Waals surface area contributed by atoms with E-state index < -0.39 is 5.41 Å². The zero-order chi connectivity index (χ0) is 19.3. The number of aryl methyl sites for hydroxylation is 2. The number of anilines is 1. The highest BCUT2D eigenvalue weighted by Gasteiger charge is 2.51. The molecular formula is C22H21N3O3. The Kier molecular flexibility index (Phi) is 3.69. The Morgan fingerprint density at radius 1 is 1.14 bits per heavy atom. The molecule has 1 aliphatic heterocycles. The average Bonchev–Trinajstić information content (AvgIpc) is 3.18. The van der Waals surface area contributed by atoms with Crippen molar-refractivity contribution in [1.82, 2.24) is 9.55 Å². The Morgan fingerprint density at radius 2 is 1.96 bits per heavy atom. The number of aromatic nitrogens is 2. The van der Waals surface area contributed by atoms with Crippen LogP contribution in [0.15, 0.2) is 48.9 Å². The maximum atomic E-state index is 13.1. The molecule has 2 aliphatic rings. The molecule has 1 fully saturated rings. The maximum Gasteiger partial charge on any atom is 0.235 e. The lowest BCUT2D eigenvalue weighted by Gasteiger charge is -2.17. The molecule has 6 heteroatoms. The molecule has 0 radical (unpaired) electrons. The Labute approximate surface area is 163 Å². The lowest BCUT2D eigenvalue weighted by Crippen LogP contribution is -2.27. The summed E-state index contributed by atoms with van der Waals surface area (Å²) in [5.41, 5.74) is 4.30. The molecule has 3 aromatic rings. The predicted molar refractivity (Wildman–Crippen MR) is 105 cm³/mol. The van der Waals surface area contributed by atoms with Crippen LogP contribution in [0.5, 0.6) is 11.5 Å². The van der Waals surface area contributed by atoms with Crippen molar-refractivity contribution in [2.75, 3.05) is 12.1 Å². The van der Waals surface area contributed by atoms with E-state index in [2.05, 4.69) is 10.3 Å². The van der Waals surface area contributed by atoms with E-state index in [9.17, 15) is 4.79 Å². The number of nitrogens with one attached hydrogen (secondary N) is 1. The van der Waals surface area contributed by atoms with Gasteiger partial charge in [-0.2, -0.15) is 0 Å². The van der Waals surface area contributed by atoms with Crippen molar-refractivity contribution in [3.8, 4) is 22.8 Å². The van der Waals surface area contributed by atoms with Gasteiger partial charge >= 0.3 is 0 Å². The lowest BCUT2D eigenvalue weighted by molar-refractivity contribution is -0.118. The SMILES string of the molecule is Cc1ccc(NC(=O)C2(c3ccc4c(c3)OCO4)CC2)cc1-c1cn(C)cn1. The van der Waals surface area contributed by atoms with Gasteiger partial charge in [0.15, 0.2) is 11.5 Å². The van der Waals surface area contributed by atoms with Gasteiger partial charge in [0.25, 0.3) is 0 Å². The number of benzene rings is 2. The van der Waals surface area contributed by atoms with E-state index in [0.29, 0.717) is 5.75 Å². The summed E-state index contributed by atoms with van der Waals surface area (Å²) in [6, 6.07) is 11.7. The van der Waals surface area contributed by atoms with Gasteiger partial charge in [0.1, 0.15) is 0 Å². The van der Waals surface area contributed by atoms with E-state index in [-0.39, 0.29) is 12.7 Å². The van der Waals surface area contributed by atoms with Gasteiger partial charge in [0.2, 0.25) is 12.7 Å². The van der Waals surface area contributed by atoms with Crippen LogP contribution in [0.4, 0.5) is 5.69 Å². The third-order valence-corrected chi connectivity index (χ3v) is 5.59. The van der Waals surface area contributed by atoms with E-state index in [4.69, 9.17) is 9.47 Å². The normalized spacial score (nSPS) is 16.1. The molecule has 2 aromatic carbocycles. The molecule has 5 rings (SSSR count). The van der Waals surface area contributed by atoms with Crippen LogP contribution in [0.25, 0.3) is 11.3 Å². The first kappa shape index (κ1) is 16.9. The first-order valence-electron chi connectivity index (χ1n) is 9.36. The predicted octanol–water partition coefficient (Wildman–Crippen LogP) is 3.79. The summed E-state index contributed by atoms with van der Waals surface area (Å²) in [6.45, 7) is 2.28. The van der Waals surface area contributed by atoms with Gasteiger partial charge < -0.3 is 19.4 Å². The molecule has 1 aliphatic carbocycles. The fourth-order valence-corrected chi connectivity index (χ4v) is 3.74. The van der Waals surface area contributed by atoms with E-state index in [1.54, 1.807) is 6.33 Å². The topological polar surface area (TPSA) is 65.4 Å². The van der Waals surface area contributed by atoms with E-state index >= 15 is 0 Å². The largest absolute Gasteiger partial charge is 0.454 e. The monoisotopic (exact) mass is 375 g/mol. The molecule has 0 saturated heterocycles. The number of hydrogen-bond acceptors (Lipinski definition) is 4. The van der Waals surface area contributed by atoms with Crippen molar-refractivity contribution >= 4 is 11.6 Å². The first-order valence-corrected chi connectivity index (χ1v) is 9.36. The Bertz CT molecular complexity index is 1080. The Hall–Kier alpha value is -3.28. The second-order valence-corrected chi connectivity index (χ2v) is 7.56. The quantitative estimate of drug-likeness (QED) is 0.753. The summed E-state index contributed by atoms with van der Waals surface area (Å²) in [5, 5.41) is 3.11. The third-order valence-electron chi connectivity index (χ3n) is 5.59. The number of nitrogens with zero attached hydrogens (tertiary/aromatic N) is 2. The molecule has 0 spiro atoms. The van der Waals surface area contributed by atoms with Crippen molar-refractivity contribution in [2.24, 2.45) is 7.05 Å². The van der Waals surface area contributed by atoms with Gasteiger partial charge in [-0.1, -0.05) is 12.1 Å². The van der Waals surface area contributed by atoms with Gasteiger partial charge in [-0.05, 0) is 55.2 Å². The molecular weight excluding hydrogens is 354 g/mol. The molecule has 2 heterocycles. The van der Waals surface area contributed by atoms with Crippen molar-refractivity contribution in [2.45, 2.75) is 25.2 Å². The third kappa shape index (κ3) is 2.72. The minimum atomic E-state index is -0.489. The number of ether oxygens (including phenoxy) is 2. The number of carbonyl (C=O) groups is 1. The van der Waals surface area contributed by atoms with Crippen LogP contribution in [0.3, 0.4) is 0 Å². The van der Waals surface area contributed by atoms with Crippen molar-refractivity contribution in [3.05, 3.63) is 60.0 Å². The van der Waals surface area contributed by atoms with E-state index in [1.165, 1.54) is 0 Å². The van der Waals surface area contributed by atoms with Gasteiger partial charge in [-0.25, -0.2) is 4.98 Å². The number of fused-ring (bicyclic) bond motifs is 1. The highest BCUT2D eigenvalue weighted by molar-refractivity contribution is 6.02. The smallest absolute Gasteiger partial charge is 0.235 e. The minimum absolute atomic E-state index is 0.0159. The summed E-state index contributed by atoms with van der Waals surface area (Å²) >= 11 is 0. The molecule has 1 N–H and O–H groups in total. The second-order valence-electron chi connectivity index (χ2n) is 7.56. The van der Waals surface area contributed by atoms with Crippen LogP contribution in [-0.4, -0.2) is 22.3 Å². The highest BCUT2D eigenvalue weighted by atomic mass is 16.7. The van der Waals surface area contributed by atoms with Gasteiger partial charge in [0.05, 0.1) is 17.4 Å².